The van der Waals surface area contributed by atoms with Crippen LogP contribution in [-0.2, 0) is 4.74 Å². The molecule has 1 amide bonds. The Morgan fingerprint density at radius 2 is 2.30 bits per heavy atom. The first-order valence-corrected chi connectivity index (χ1v) is 7.38. The Kier molecular flexibility index (Phi) is 2.96. The lowest BCUT2D eigenvalue weighted by Crippen LogP contribution is -2.51. The molecular formula is C13H19N5O2. The van der Waals surface area contributed by atoms with Crippen molar-refractivity contribution in [2.45, 2.75) is 37.5 Å². The van der Waals surface area contributed by atoms with Gasteiger partial charge >= 0.3 is 0 Å². The van der Waals surface area contributed by atoms with Crippen LogP contribution in [0.3, 0.4) is 0 Å². The maximum atomic E-state index is 12.6. The summed E-state index contributed by atoms with van der Waals surface area (Å²) in [4.78, 5) is 14.6. The van der Waals surface area contributed by atoms with Gasteiger partial charge in [0.1, 0.15) is 0 Å². The minimum Gasteiger partial charge on any atom is -0.374 e. The third kappa shape index (κ3) is 1.92. The number of carbonyl (C=O) groups is 1. The van der Waals surface area contributed by atoms with Crippen LogP contribution in [0, 0.1) is 0 Å². The summed E-state index contributed by atoms with van der Waals surface area (Å²) in [6.45, 7) is 3.10. The maximum absolute atomic E-state index is 12.6. The number of hydrogen-bond acceptors (Lipinski definition) is 5. The Hall–Kier alpha value is -1.47. The van der Waals surface area contributed by atoms with E-state index in [1.54, 1.807) is 10.9 Å². The molecule has 0 radical (unpaired) electrons. The van der Waals surface area contributed by atoms with E-state index in [9.17, 15) is 4.79 Å². The van der Waals surface area contributed by atoms with Gasteiger partial charge in [0, 0.05) is 19.6 Å². The van der Waals surface area contributed by atoms with E-state index in [2.05, 4.69) is 15.6 Å². The lowest BCUT2D eigenvalue weighted by molar-refractivity contribution is -0.0447. The van der Waals surface area contributed by atoms with Crippen molar-refractivity contribution in [3.8, 4) is 0 Å². The molecule has 1 aromatic heterocycles. The molecule has 2 aliphatic heterocycles. The zero-order valence-corrected chi connectivity index (χ0v) is 11.4. The molecule has 3 aliphatic rings. The van der Waals surface area contributed by atoms with E-state index in [1.807, 2.05) is 4.90 Å². The fourth-order valence-electron chi connectivity index (χ4n) is 3.34. The summed E-state index contributed by atoms with van der Waals surface area (Å²) in [5.41, 5.74) is 0.462. The largest absolute Gasteiger partial charge is 0.374 e. The molecule has 20 heavy (non-hydrogen) atoms. The number of nitrogens with zero attached hydrogens (tertiary/aromatic N) is 4. The average Bonchev–Trinajstić information content (AvgIpc) is 3.03. The van der Waals surface area contributed by atoms with E-state index in [0.717, 1.165) is 32.4 Å². The molecule has 1 N–H and O–H groups in total. The molecule has 3 heterocycles. The summed E-state index contributed by atoms with van der Waals surface area (Å²) in [6, 6.07) is 0.569. The predicted molar refractivity (Wildman–Crippen MR) is 70.3 cm³/mol. The summed E-state index contributed by atoms with van der Waals surface area (Å²) in [5.74, 6) is 0.00346. The second kappa shape index (κ2) is 4.82. The topological polar surface area (TPSA) is 72.3 Å². The Bertz CT molecular complexity index is 513. The van der Waals surface area contributed by atoms with Gasteiger partial charge in [0.25, 0.3) is 5.91 Å². The molecular weight excluding hydrogens is 258 g/mol. The van der Waals surface area contributed by atoms with Crippen molar-refractivity contribution < 1.29 is 9.53 Å². The van der Waals surface area contributed by atoms with Crippen LogP contribution in [0.2, 0.25) is 0 Å². The minimum absolute atomic E-state index is 0.00346. The average molecular weight is 277 g/mol. The van der Waals surface area contributed by atoms with Crippen LogP contribution >= 0.6 is 0 Å². The van der Waals surface area contributed by atoms with Gasteiger partial charge in [0.05, 0.1) is 31.0 Å². The van der Waals surface area contributed by atoms with Gasteiger partial charge in [-0.15, -0.1) is 5.10 Å². The molecule has 4 rings (SSSR count). The standard InChI is InChI=1S/C13H19N5O2/c19-13(10-8-18(16-15-10)9-6-14-7-9)17-4-5-20-12-3-1-2-11(12)17/h8-9,11-12,14H,1-7H2. The van der Waals surface area contributed by atoms with Crippen molar-refractivity contribution in [1.82, 2.24) is 25.2 Å². The molecule has 0 aromatic carbocycles. The van der Waals surface area contributed by atoms with Crippen molar-refractivity contribution in [3.05, 3.63) is 11.9 Å². The van der Waals surface area contributed by atoms with Crippen molar-refractivity contribution in [1.29, 1.82) is 0 Å². The summed E-state index contributed by atoms with van der Waals surface area (Å²) in [6.07, 6.45) is 5.25. The lowest BCUT2D eigenvalue weighted by atomic mass is 10.1. The zero-order chi connectivity index (χ0) is 13.5. The molecule has 2 atom stereocenters. The number of aromatic nitrogens is 3. The highest BCUT2D eigenvalue weighted by atomic mass is 16.5. The molecule has 0 bridgehead atoms. The van der Waals surface area contributed by atoms with E-state index >= 15 is 0 Å². The molecule has 1 saturated carbocycles. The fourth-order valence-corrected chi connectivity index (χ4v) is 3.34. The van der Waals surface area contributed by atoms with Crippen LogP contribution in [0.5, 0.6) is 0 Å². The summed E-state index contributed by atoms with van der Waals surface area (Å²) in [7, 11) is 0. The van der Waals surface area contributed by atoms with Crippen LogP contribution in [0.4, 0.5) is 0 Å². The number of ether oxygens (including phenoxy) is 1. The maximum Gasteiger partial charge on any atom is 0.276 e. The number of fused-ring (bicyclic) bond motifs is 1. The summed E-state index contributed by atoms with van der Waals surface area (Å²) < 4.78 is 7.55. The SMILES string of the molecule is O=C(c1cn(C2CNC2)nn1)N1CCOC2CCCC21. The molecule has 1 aliphatic carbocycles. The number of carbonyl (C=O) groups excluding carboxylic acids is 1. The normalized spacial score (nSPS) is 30.1. The lowest BCUT2D eigenvalue weighted by Gasteiger charge is -2.37. The highest BCUT2D eigenvalue weighted by Crippen LogP contribution is 2.30. The number of hydrogen-bond donors (Lipinski definition) is 1. The van der Waals surface area contributed by atoms with Gasteiger partial charge in [0.2, 0.25) is 0 Å². The van der Waals surface area contributed by atoms with E-state index in [0.29, 0.717) is 24.9 Å². The van der Waals surface area contributed by atoms with Gasteiger partial charge in [-0.2, -0.15) is 0 Å². The van der Waals surface area contributed by atoms with Gasteiger partial charge in [-0.25, -0.2) is 4.68 Å². The second-order valence-corrected chi connectivity index (χ2v) is 5.80. The molecule has 0 spiro atoms. The van der Waals surface area contributed by atoms with E-state index in [4.69, 9.17) is 4.74 Å². The van der Waals surface area contributed by atoms with Crippen molar-refractivity contribution in [2.24, 2.45) is 0 Å². The Morgan fingerprint density at radius 3 is 3.10 bits per heavy atom. The smallest absolute Gasteiger partial charge is 0.276 e. The summed E-state index contributed by atoms with van der Waals surface area (Å²) in [5, 5.41) is 11.3. The number of rotatable bonds is 2. The van der Waals surface area contributed by atoms with Gasteiger partial charge in [-0.3, -0.25) is 4.79 Å². The molecule has 7 nitrogen and oxygen atoms in total. The highest BCUT2D eigenvalue weighted by molar-refractivity contribution is 5.92. The molecule has 3 fully saturated rings. The zero-order valence-electron chi connectivity index (χ0n) is 11.4. The van der Waals surface area contributed by atoms with Crippen LogP contribution in [0.25, 0.3) is 0 Å². The first-order chi connectivity index (χ1) is 9.83. The van der Waals surface area contributed by atoms with Gasteiger partial charge < -0.3 is 15.0 Å². The Morgan fingerprint density at radius 1 is 1.40 bits per heavy atom. The van der Waals surface area contributed by atoms with E-state index < -0.39 is 0 Å². The quantitative estimate of drug-likeness (QED) is 0.811. The van der Waals surface area contributed by atoms with Crippen LogP contribution in [-0.4, -0.2) is 64.2 Å². The van der Waals surface area contributed by atoms with Gasteiger partial charge in [-0.05, 0) is 19.3 Å². The minimum atomic E-state index is 0.00346. The first kappa shape index (κ1) is 12.3. The fraction of sp³-hybridized carbons (Fsp3) is 0.769. The first-order valence-electron chi connectivity index (χ1n) is 7.38. The van der Waals surface area contributed by atoms with E-state index in [-0.39, 0.29) is 18.1 Å². The third-order valence-electron chi connectivity index (χ3n) is 4.61. The van der Waals surface area contributed by atoms with Crippen LogP contribution in [0.1, 0.15) is 35.8 Å². The number of amides is 1. The van der Waals surface area contributed by atoms with Gasteiger partial charge in [-0.1, -0.05) is 5.21 Å². The third-order valence-corrected chi connectivity index (χ3v) is 4.61. The molecule has 7 heteroatoms. The van der Waals surface area contributed by atoms with Crippen LogP contribution < -0.4 is 5.32 Å². The Labute approximate surface area is 117 Å². The summed E-state index contributed by atoms with van der Waals surface area (Å²) >= 11 is 0. The molecule has 2 saturated heterocycles. The number of morpholine rings is 1. The van der Waals surface area contributed by atoms with Crippen LogP contribution in [0.15, 0.2) is 6.20 Å². The van der Waals surface area contributed by atoms with Crippen molar-refractivity contribution in [3.63, 3.8) is 0 Å². The second-order valence-electron chi connectivity index (χ2n) is 5.80. The van der Waals surface area contributed by atoms with Crippen molar-refractivity contribution in [2.75, 3.05) is 26.2 Å². The molecule has 1 aromatic rings. The highest BCUT2D eigenvalue weighted by Gasteiger charge is 2.39. The number of nitrogens with one attached hydrogen (secondary N) is 1. The molecule has 108 valence electrons. The Balaban J connectivity index is 1.52. The van der Waals surface area contributed by atoms with Gasteiger partial charge in [0.15, 0.2) is 5.69 Å². The van der Waals surface area contributed by atoms with Crippen molar-refractivity contribution >= 4 is 5.91 Å². The predicted octanol–water partition coefficient (Wildman–Crippen LogP) is -0.184. The van der Waals surface area contributed by atoms with E-state index in [1.165, 1.54) is 0 Å². The monoisotopic (exact) mass is 277 g/mol. The molecule has 2 unspecified atom stereocenters.